The summed E-state index contributed by atoms with van der Waals surface area (Å²) in [7, 11) is 0. The van der Waals surface area contributed by atoms with Gasteiger partial charge in [0.25, 0.3) is 0 Å². The van der Waals surface area contributed by atoms with E-state index in [2.05, 4.69) is 5.32 Å². The summed E-state index contributed by atoms with van der Waals surface area (Å²) in [5.41, 5.74) is 0.725. The van der Waals surface area contributed by atoms with Crippen LogP contribution in [-0.4, -0.2) is 18.6 Å². The van der Waals surface area contributed by atoms with E-state index in [-0.39, 0.29) is 34.4 Å². The van der Waals surface area contributed by atoms with Gasteiger partial charge in [0.2, 0.25) is 5.91 Å². The predicted molar refractivity (Wildman–Crippen MR) is 109 cm³/mol. The number of anilines is 2. The van der Waals surface area contributed by atoms with Crippen LogP contribution < -0.4 is 10.2 Å². The molecule has 1 fully saturated rings. The molecule has 0 unspecified atom stereocenters. The van der Waals surface area contributed by atoms with Gasteiger partial charge in [0.1, 0.15) is 5.82 Å². The van der Waals surface area contributed by atoms with E-state index in [4.69, 9.17) is 23.2 Å². The topological polar surface area (TPSA) is 32.3 Å². The van der Waals surface area contributed by atoms with Crippen LogP contribution in [0.15, 0.2) is 30.3 Å². The highest BCUT2D eigenvalue weighted by molar-refractivity contribution is 6.40. The number of benzene rings is 2. The average Bonchev–Trinajstić information content (AvgIpc) is 3.46. The van der Waals surface area contributed by atoms with Crippen molar-refractivity contribution in [1.29, 1.82) is 0 Å². The molecule has 2 aromatic rings. The number of amides is 1. The van der Waals surface area contributed by atoms with Crippen molar-refractivity contribution in [3.63, 3.8) is 0 Å². The second-order valence-corrected chi connectivity index (χ2v) is 8.62. The minimum absolute atomic E-state index is 0.0468. The first-order valence-corrected chi connectivity index (χ1v) is 10.2. The van der Waals surface area contributed by atoms with Gasteiger partial charge >= 0.3 is 6.18 Å². The monoisotopic (exact) mass is 460 g/mol. The molecular weight excluding hydrogens is 443 g/mol. The van der Waals surface area contributed by atoms with Crippen molar-refractivity contribution in [2.24, 2.45) is 5.41 Å². The summed E-state index contributed by atoms with van der Waals surface area (Å²) in [6.07, 6.45) is -4.59. The van der Waals surface area contributed by atoms with E-state index in [0.29, 0.717) is 19.5 Å². The summed E-state index contributed by atoms with van der Waals surface area (Å²) < 4.78 is 52.5. The van der Waals surface area contributed by atoms with Gasteiger partial charge in [0.15, 0.2) is 0 Å². The summed E-state index contributed by atoms with van der Waals surface area (Å²) in [5.74, 6) is -1.07. The second kappa shape index (κ2) is 7.61. The molecule has 9 heteroatoms. The smallest absolute Gasteiger partial charge is 0.367 e. The van der Waals surface area contributed by atoms with Gasteiger partial charge in [-0.15, -0.1) is 0 Å². The van der Waals surface area contributed by atoms with Crippen molar-refractivity contribution < 1.29 is 22.4 Å². The molecule has 0 saturated heterocycles. The average molecular weight is 461 g/mol. The molecular formula is C21H18Cl2F4N2O. The van der Waals surface area contributed by atoms with Crippen LogP contribution in [0.4, 0.5) is 28.9 Å². The van der Waals surface area contributed by atoms with Gasteiger partial charge < -0.3 is 10.2 Å². The Kier molecular flexibility index (Phi) is 5.39. The largest absolute Gasteiger partial charge is 0.395 e. The molecule has 0 spiro atoms. The minimum Gasteiger partial charge on any atom is -0.367 e. The maximum Gasteiger partial charge on any atom is 0.395 e. The van der Waals surface area contributed by atoms with Crippen LogP contribution in [0.25, 0.3) is 0 Å². The van der Waals surface area contributed by atoms with Crippen LogP contribution in [0.2, 0.25) is 10.0 Å². The number of hydrogen-bond acceptors (Lipinski definition) is 2. The molecule has 1 heterocycles. The van der Waals surface area contributed by atoms with Crippen LogP contribution in [0.3, 0.4) is 0 Å². The Morgan fingerprint density at radius 1 is 1.17 bits per heavy atom. The lowest BCUT2D eigenvalue weighted by molar-refractivity contribution is -0.189. The van der Waals surface area contributed by atoms with E-state index in [0.717, 1.165) is 16.8 Å². The van der Waals surface area contributed by atoms with Gasteiger partial charge in [0, 0.05) is 25.2 Å². The first-order valence-electron chi connectivity index (χ1n) is 9.46. The van der Waals surface area contributed by atoms with Crippen LogP contribution >= 0.6 is 23.2 Å². The van der Waals surface area contributed by atoms with E-state index in [1.165, 1.54) is 12.1 Å². The van der Waals surface area contributed by atoms with E-state index in [1.807, 2.05) is 4.90 Å². The molecule has 0 aromatic heterocycles. The highest BCUT2D eigenvalue weighted by atomic mass is 35.5. The molecule has 2 aliphatic rings. The first kappa shape index (κ1) is 21.2. The Bertz CT molecular complexity index is 988. The van der Waals surface area contributed by atoms with Gasteiger partial charge in [-0.05, 0) is 60.7 Å². The molecule has 3 nitrogen and oxygen atoms in total. The lowest BCUT2D eigenvalue weighted by Gasteiger charge is -2.32. The molecule has 0 radical (unpaired) electrons. The fraction of sp³-hybridized carbons (Fsp3) is 0.381. The highest BCUT2D eigenvalue weighted by Crippen LogP contribution is 2.60. The highest BCUT2D eigenvalue weighted by Gasteiger charge is 2.63. The van der Waals surface area contributed by atoms with E-state index in [1.54, 1.807) is 18.2 Å². The Labute approximate surface area is 181 Å². The third kappa shape index (κ3) is 3.97. The Balaban J connectivity index is 1.52. The minimum atomic E-state index is -4.41. The summed E-state index contributed by atoms with van der Waals surface area (Å²) in [5, 5.41) is 2.91. The molecule has 30 heavy (non-hydrogen) atoms. The number of nitrogens with zero attached hydrogens (tertiary/aromatic N) is 1. The number of rotatable bonds is 4. The van der Waals surface area contributed by atoms with E-state index in [9.17, 15) is 22.4 Å². The van der Waals surface area contributed by atoms with Crippen molar-refractivity contribution in [2.45, 2.75) is 38.4 Å². The van der Waals surface area contributed by atoms with Crippen LogP contribution in [0.1, 0.15) is 30.4 Å². The SMILES string of the molecule is O=C(CC1(C(F)(F)F)CC1)Nc1c(Cl)cc2c(c1Cl)CCN(c1ccc(F)cc1)C2. The number of alkyl halides is 3. The zero-order chi connectivity index (χ0) is 21.7. The molecule has 160 valence electrons. The number of fused-ring (bicyclic) bond motifs is 1. The van der Waals surface area contributed by atoms with E-state index < -0.39 is 23.9 Å². The Morgan fingerprint density at radius 2 is 1.83 bits per heavy atom. The third-order valence-electron chi connectivity index (χ3n) is 5.81. The maximum absolute atomic E-state index is 13.2. The van der Waals surface area contributed by atoms with E-state index >= 15 is 0 Å². The summed E-state index contributed by atoms with van der Waals surface area (Å²) in [4.78, 5) is 14.3. The Morgan fingerprint density at radius 3 is 2.43 bits per heavy atom. The number of hydrogen-bond donors (Lipinski definition) is 1. The third-order valence-corrected chi connectivity index (χ3v) is 6.53. The lowest BCUT2D eigenvalue weighted by Crippen LogP contribution is -2.31. The van der Waals surface area contributed by atoms with Crippen molar-refractivity contribution in [3.05, 3.63) is 57.3 Å². The van der Waals surface area contributed by atoms with Gasteiger partial charge in [-0.1, -0.05) is 23.2 Å². The van der Waals surface area contributed by atoms with Crippen LogP contribution in [0.5, 0.6) is 0 Å². The zero-order valence-electron chi connectivity index (χ0n) is 15.8. The summed E-state index contributed by atoms with van der Waals surface area (Å²) in [6.45, 7) is 1.11. The van der Waals surface area contributed by atoms with Crippen LogP contribution in [-0.2, 0) is 17.8 Å². The maximum atomic E-state index is 13.2. The van der Waals surface area contributed by atoms with Crippen molar-refractivity contribution in [1.82, 2.24) is 0 Å². The first-order chi connectivity index (χ1) is 14.1. The molecule has 4 rings (SSSR count). The summed E-state index contributed by atoms with van der Waals surface area (Å²) in [6, 6.07) is 7.82. The molecule has 0 bridgehead atoms. The van der Waals surface area contributed by atoms with Gasteiger partial charge in [-0.25, -0.2) is 4.39 Å². The standard InChI is InChI=1S/C21H18Cl2F4N2O/c22-16-9-12-11-29(14-3-1-13(24)2-4-14)8-5-15(12)18(23)19(16)28-17(30)10-20(6-7-20)21(25,26)27/h1-4,9H,5-8,10-11H2,(H,28,30). The molecule has 1 N–H and O–H groups in total. The normalized spacial score (nSPS) is 17.5. The summed E-state index contributed by atoms with van der Waals surface area (Å²) >= 11 is 12.8. The van der Waals surface area contributed by atoms with Crippen LogP contribution in [0, 0.1) is 11.2 Å². The number of halogens is 6. The van der Waals surface area contributed by atoms with Gasteiger partial charge in [0.05, 0.1) is 21.1 Å². The molecule has 0 atom stereocenters. The molecule has 1 aliphatic heterocycles. The quantitative estimate of drug-likeness (QED) is 0.537. The van der Waals surface area contributed by atoms with Crippen molar-refractivity contribution >= 4 is 40.5 Å². The van der Waals surface area contributed by atoms with Gasteiger partial charge in [-0.3, -0.25) is 4.79 Å². The lowest BCUT2D eigenvalue weighted by atomic mass is 9.97. The van der Waals surface area contributed by atoms with Gasteiger partial charge in [-0.2, -0.15) is 13.2 Å². The second-order valence-electron chi connectivity index (χ2n) is 7.84. The Hall–Kier alpha value is -1.99. The number of carbonyl (C=O) groups is 1. The number of nitrogens with one attached hydrogen (secondary N) is 1. The molecule has 1 saturated carbocycles. The molecule has 2 aromatic carbocycles. The molecule has 1 amide bonds. The van der Waals surface area contributed by atoms with Crippen molar-refractivity contribution in [2.75, 3.05) is 16.8 Å². The zero-order valence-corrected chi connectivity index (χ0v) is 17.3. The van der Waals surface area contributed by atoms with Crippen molar-refractivity contribution in [3.8, 4) is 0 Å². The predicted octanol–water partition coefficient (Wildman–Crippen LogP) is 6.37. The fourth-order valence-electron chi connectivity index (χ4n) is 3.84. The molecule has 1 aliphatic carbocycles. The number of carbonyl (C=O) groups excluding carboxylic acids is 1. The fourth-order valence-corrected chi connectivity index (χ4v) is 4.53.